The van der Waals surface area contributed by atoms with Gasteiger partial charge in [0.15, 0.2) is 0 Å². The summed E-state index contributed by atoms with van der Waals surface area (Å²) in [4.78, 5) is -0.0794. The zero-order valence-electron chi connectivity index (χ0n) is 11.9. The third-order valence-electron chi connectivity index (χ3n) is 4.51. The van der Waals surface area contributed by atoms with Crippen LogP contribution in [0.15, 0.2) is 29.2 Å². The molecule has 1 aromatic carbocycles. The average Bonchev–Trinajstić information content (AvgIpc) is 2.45. The molecule has 22 heavy (non-hydrogen) atoms. The molecule has 1 N–H and O–H groups in total. The van der Waals surface area contributed by atoms with Crippen molar-refractivity contribution in [2.45, 2.75) is 23.9 Å². The Morgan fingerprint density at radius 2 is 1.59 bits per heavy atom. The van der Waals surface area contributed by atoms with Crippen LogP contribution < -0.4 is 5.32 Å². The van der Waals surface area contributed by atoms with Crippen molar-refractivity contribution in [3.8, 4) is 0 Å². The number of halogens is 3. The Balaban J connectivity index is 1.74. The minimum Gasteiger partial charge on any atom is -0.317 e. The van der Waals surface area contributed by atoms with Crippen molar-refractivity contribution in [3.05, 3.63) is 29.8 Å². The summed E-state index contributed by atoms with van der Waals surface area (Å²) in [5, 5.41) is 3.24. The molecule has 4 nitrogen and oxygen atoms in total. The van der Waals surface area contributed by atoms with E-state index in [1.165, 1.54) is 4.31 Å². The number of hydrogen-bond acceptors (Lipinski definition) is 3. The molecule has 0 radical (unpaired) electrons. The third-order valence-corrected chi connectivity index (χ3v) is 6.31. The first-order valence-corrected chi connectivity index (χ1v) is 8.55. The Labute approximate surface area is 127 Å². The molecule has 0 amide bonds. The van der Waals surface area contributed by atoms with E-state index in [2.05, 4.69) is 5.32 Å². The number of alkyl halides is 3. The highest BCUT2D eigenvalue weighted by Crippen LogP contribution is 2.41. The maximum Gasteiger partial charge on any atom is 0.416 e. The molecule has 2 aliphatic rings. The van der Waals surface area contributed by atoms with Gasteiger partial charge in [0.1, 0.15) is 0 Å². The molecular formula is C14H17F3N2O2S. The van der Waals surface area contributed by atoms with Crippen LogP contribution in [0.25, 0.3) is 0 Å². The molecule has 2 heterocycles. The monoisotopic (exact) mass is 334 g/mol. The van der Waals surface area contributed by atoms with E-state index < -0.39 is 21.8 Å². The van der Waals surface area contributed by atoms with Crippen LogP contribution in [0.2, 0.25) is 0 Å². The molecule has 1 spiro atoms. The molecule has 0 saturated carbocycles. The number of rotatable bonds is 2. The van der Waals surface area contributed by atoms with Crippen LogP contribution in [0.3, 0.4) is 0 Å². The molecule has 0 bridgehead atoms. The van der Waals surface area contributed by atoms with Crippen LogP contribution in [0.4, 0.5) is 13.2 Å². The van der Waals surface area contributed by atoms with Crippen molar-refractivity contribution in [1.29, 1.82) is 0 Å². The lowest BCUT2D eigenvalue weighted by molar-refractivity contribution is -0.137. The highest BCUT2D eigenvalue weighted by molar-refractivity contribution is 7.89. The molecule has 2 fully saturated rings. The van der Waals surface area contributed by atoms with Gasteiger partial charge in [0.05, 0.1) is 10.5 Å². The molecule has 0 unspecified atom stereocenters. The topological polar surface area (TPSA) is 49.4 Å². The van der Waals surface area contributed by atoms with Gasteiger partial charge >= 0.3 is 6.18 Å². The molecule has 0 atom stereocenters. The van der Waals surface area contributed by atoms with Gasteiger partial charge in [-0.25, -0.2) is 8.42 Å². The van der Waals surface area contributed by atoms with E-state index in [4.69, 9.17) is 0 Å². The number of benzene rings is 1. The van der Waals surface area contributed by atoms with Gasteiger partial charge in [0.25, 0.3) is 0 Å². The Bertz CT molecular complexity index is 642. The largest absolute Gasteiger partial charge is 0.416 e. The molecule has 0 aliphatic carbocycles. The number of piperidine rings is 1. The van der Waals surface area contributed by atoms with Crippen LogP contribution in [0.5, 0.6) is 0 Å². The predicted molar refractivity (Wildman–Crippen MR) is 74.7 cm³/mol. The van der Waals surface area contributed by atoms with Crippen molar-refractivity contribution in [3.63, 3.8) is 0 Å². The summed E-state index contributed by atoms with van der Waals surface area (Å²) in [5.41, 5.74) is -0.797. The van der Waals surface area contributed by atoms with Crippen LogP contribution in [-0.4, -0.2) is 38.9 Å². The van der Waals surface area contributed by atoms with Crippen molar-refractivity contribution >= 4 is 10.0 Å². The summed E-state index contributed by atoms with van der Waals surface area (Å²) >= 11 is 0. The molecule has 8 heteroatoms. The van der Waals surface area contributed by atoms with Gasteiger partial charge in [0, 0.05) is 18.5 Å². The lowest BCUT2D eigenvalue weighted by Crippen LogP contribution is -2.61. The van der Waals surface area contributed by atoms with Gasteiger partial charge in [-0.3, -0.25) is 0 Å². The molecule has 3 rings (SSSR count). The van der Waals surface area contributed by atoms with E-state index in [0.717, 1.165) is 50.2 Å². The zero-order chi connectivity index (χ0) is 16.0. The summed E-state index contributed by atoms with van der Waals surface area (Å²) in [6, 6.07) is 3.69. The fourth-order valence-corrected chi connectivity index (χ4v) is 4.78. The SMILES string of the molecule is O=S(=O)(c1ccc(C(F)(F)F)cc1)N1CC2(CCNCC2)C1. The minimum atomic E-state index is -4.46. The summed E-state index contributed by atoms with van der Waals surface area (Å²) in [7, 11) is -3.69. The zero-order valence-corrected chi connectivity index (χ0v) is 12.7. The second-order valence-corrected chi connectivity index (χ2v) is 7.98. The highest BCUT2D eigenvalue weighted by Gasteiger charge is 2.48. The van der Waals surface area contributed by atoms with Crippen LogP contribution in [0.1, 0.15) is 18.4 Å². The van der Waals surface area contributed by atoms with E-state index in [-0.39, 0.29) is 10.3 Å². The van der Waals surface area contributed by atoms with E-state index in [0.29, 0.717) is 13.1 Å². The van der Waals surface area contributed by atoms with Crippen LogP contribution in [-0.2, 0) is 16.2 Å². The maximum atomic E-state index is 12.5. The lowest BCUT2D eigenvalue weighted by atomic mass is 9.74. The van der Waals surface area contributed by atoms with Crippen LogP contribution >= 0.6 is 0 Å². The lowest BCUT2D eigenvalue weighted by Gasteiger charge is -2.51. The first-order valence-electron chi connectivity index (χ1n) is 7.11. The number of hydrogen-bond donors (Lipinski definition) is 1. The quantitative estimate of drug-likeness (QED) is 0.901. The molecular weight excluding hydrogens is 317 g/mol. The Morgan fingerprint density at radius 3 is 2.09 bits per heavy atom. The number of nitrogens with zero attached hydrogens (tertiary/aromatic N) is 1. The maximum absolute atomic E-state index is 12.5. The average molecular weight is 334 g/mol. The molecule has 122 valence electrons. The van der Waals surface area contributed by atoms with E-state index in [1.54, 1.807) is 0 Å². The van der Waals surface area contributed by atoms with Gasteiger partial charge in [-0.15, -0.1) is 0 Å². The van der Waals surface area contributed by atoms with E-state index in [9.17, 15) is 21.6 Å². The molecule has 2 aliphatic heterocycles. The number of nitrogens with one attached hydrogen (secondary N) is 1. The summed E-state index contributed by atoms with van der Waals surface area (Å²) in [5.74, 6) is 0. The summed E-state index contributed by atoms with van der Waals surface area (Å²) in [6.07, 6.45) is -2.59. The number of sulfonamides is 1. The fourth-order valence-electron chi connectivity index (χ4n) is 3.11. The molecule has 2 saturated heterocycles. The standard InChI is InChI=1S/C14H17F3N2O2S/c15-14(16,17)11-1-3-12(4-2-11)22(20,21)19-9-13(10-19)5-7-18-8-6-13/h1-4,18H,5-10H2. The second-order valence-electron chi connectivity index (χ2n) is 6.05. The predicted octanol–water partition coefficient (Wildman–Crippen LogP) is 2.08. The Kier molecular flexibility index (Phi) is 3.73. The first kappa shape index (κ1) is 15.8. The Morgan fingerprint density at radius 1 is 1.05 bits per heavy atom. The summed E-state index contributed by atoms with van der Waals surface area (Å²) < 4.78 is 63.8. The third kappa shape index (κ3) is 2.75. The second kappa shape index (κ2) is 5.21. The highest BCUT2D eigenvalue weighted by atomic mass is 32.2. The van der Waals surface area contributed by atoms with E-state index >= 15 is 0 Å². The van der Waals surface area contributed by atoms with Crippen molar-refractivity contribution in [1.82, 2.24) is 9.62 Å². The van der Waals surface area contributed by atoms with Gasteiger partial charge in [-0.1, -0.05) is 0 Å². The van der Waals surface area contributed by atoms with Gasteiger partial charge in [0.2, 0.25) is 10.0 Å². The van der Waals surface area contributed by atoms with Gasteiger partial charge < -0.3 is 5.32 Å². The van der Waals surface area contributed by atoms with Crippen molar-refractivity contribution in [2.75, 3.05) is 26.2 Å². The molecule has 0 aromatic heterocycles. The van der Waals surface area contributed by atoms with Crippen molar-refractivity contribution < 1.29 is 21.6 Å². The summed E-state index contributed by atoms with van der Waals surface area (Å²) in [6.45, 7) is 2.68. The minimum absolute atomic E-state index is 0.0459. The van der Waals surface area contributed by atoms with Crippen molar-refractivity contribution in [2.24, 2.45) is 5.41 Å². The smallest absolute Gasteiger partial charge is 0.317 e. The van der Waals surface area contributed by atoms with E-state index in [1.807, 2.05) is 0 Å². The normalized spacial score (nSPS) is 22.5. The first-order chi connectivity index (χ1) is 10.2. The van der Waals surface area contributed by atoms with Gasteiger partial charge in [-0.2, -0.15) is 17.5 Å². The Hall–Kier alpha value is -1.12. The van der Waals surface area contributed by atoms with Crippen LogP contribution in [0, 0.1) is 5.41 Å². The fraction of sp³-hybridized carbons (Fsp3) is 0.571. The molecule has 1 aromatic rings. The van der Waals surface area contributed by atoms with Gasteiger partial charge in [-0.05, 0) is 50.2 Å².